The van der Waals surface area contributed by atoms with Crippen molar-refractivity contribution in [3.8, 4) is 0 Å². The van der Waals surface area contributed by atoms with Crippen molar-refractivity contribution in [1.82, 2.24) is 19.6 Å². The van der Waals surface area contributed by atoms with Gasteiger partial charge in [-0.25, -0.2) is 0 Å². The van der Waals surface area contributed by atoms with Gasteiger partial charge in [0, 0.05) is 31.4 Å². The molecule has 2 fully saturated rings. The second-order valence-electron chi connectivity index (χ2n) is 6.99. The van der Waals surface area contributed by atoms with Gasteiger partial charge in [0.2, 0.25) is 0 Å². The Labute approximate surface area is 139 Å². The van der Waals surface area contributed by atoms with Gasteiger partial charge in [0.15, 0.2) is 0 Å². The van der Waals surface area contributed by atoms with Gasteiger partial charge in [0.25, 0.3) is 5.91 Å². The van der Waals surface area contributed by atoms with Crippen LogP contribution in [0.3, 0.4) is 0 Å². The number of likely N-dealkylation sites (tertiary alicyclic amines) is 2. The molecule has 1 aromatic heterocycles. The molecule has 3 rings (SSSR count). The van der Waals surface area contributed by atoms with Crippen molar-refractivity contribution in [2.24, 2.45) is 0 Å². The van der Waals surface area contributed by atoms with Gasteiger partial charge in [-0.15, -0.1) is 0 Å². The minimum Gasteiger partial charge on any atom is -0.338 e. The molecular weight excluding hydrogens is 288 g/mol. The summed E-state index contributed by atoms with van der Waals surface area (Å²) in [6, 6.07) is 0.684. The van der Waals surface area contributed by atoms with Crippen LogP contribution in [0.4, 0.5) is 0 Å². The molecule has 0 aliphatic carbocycles. The third-order valence-corrected chi connectivity index (χ3v) is 5.43. The Morgan fingerprint density at radius 1 is 1.17 bits per heavy atom. The van der Waals surface area contributed by atoms with Crippen molar-refractivity contribution >= 4 is 5.91 Å². The van der Waals surface area contributed by atoms with E-state index in [4.69, 9.17) is 0 Å². The number of aryl methyl sites for hydroxylation is 1. The van der Waals surface area contributed by atoms with Gasteiger partial charge in [0.1, 0.15) is 0 Å². The van der Waals surface area contributed by atoms with Crippen LogP contribution in [0.5, 0.6) is 0 Å². The van der Waals surface area contributed by atoms with Gasteiger partial charge in [0.05, 0.1) is 11.8 Å². The first-order chi connectivity index (χ1) is 11.2. The van der Waals surface area contributed by atoms with Crippen LogP contribution < -0.4 is 0 Å². The Morgan fingerprint density at radius 3 is 2.52 bits per heavy atom. The summed E-state index contributed by atoms with van der Waals surface area (Å²) < 4.78 is 1.95. The van der Waals surface area contributed by atoms with Gasteiger partial charge < -0.3 is 9.80 Å². The van der Waals surface area contributed by atoms with Crippen molar-refractivity contribution in [2.45, 2.75) is 65.0 Å². The van der Waals surface area contributed by atoms with Crippen molar-refractivity contribution in [3.63, 3.8) is 0 Å². The van der Waals surface area contributed by atoms with Gasteiger partial charge in [-0.1, -0.05) is 13.3 Å². The highest BCUT2D eigenvalue weighted by molar-refractivity contribution is 5.95. The summed E-state index contributed by atoms with van der Waals surface area (Å²) in [5.41, 5.74) is 1.80. The highest BCUT2D eigenvalue weighted by Gasteiger charge is 2.29. The van der Waals surface area contributed by atoms with Crippen LogP contribution in [-0.2, 0) is 6.54 Å². The smallest absolute Gasteiger partial charge is 0.257 e. The van der Waals surface area contributed by atoms with Crippen molar-refractivity contribution in [3.05, 3.63) is 17.5 Å². The number of amides is 1. The standard InChI is InChI=1S/C18H30N4O/c1-3-9-22-15(2)17(14-19-22)18(23)21-12-7-16(8-13-21)20-10-5-4-6-11-20/h14,16H,3-13H2,1-2H3. The fourth-order valence-electron chi connectivity index (χ4n) is 3.98. The first kappa shape index (κ1) is 16.5. The lowest BCUT2D eigenvalue weighted by molar-refractivity contribution is 0.0589. The fraction of sp³-hybridized carbons (Fsp3) is 0.778. The molecule has 0 aromatic carbocycles. The van der Waals surface area contributed by atoms with Crippen LogP contribution in [0.2, 0.25) is 0 Å². The van der Waals surface area contributed by atoms with Crippen molar-refractivity contribution in [1.29, 1.82) is 0 Å². The maximum absolute atomic E-state index is 12.8. The number of hydrogen-bond donors (Lipinski definition) is 0. The lowest BCUT2D eigenvalue weighted by Gasteiger charge is -2.40. The van der Waals surface area contributed by atoms with E-state index in [9.17, 15) is 4.79 Å². The predicted molar refractivity (Wildman–Crippen MR) is 91.6 cm³/mol. The Hall–Kier alpha value is -1.36. The molecule has 5 nitrogen and oxygen atoms in total. The number of piperidine rings is 2. The van der Waals surface area contributed by atoms with Crippen molar-refractivity contribution < 1.29 is 4.79 Å². The van der Waals surface area contributed by atoms with Crippen LogP contribution in [0, 0.1) is 6.92 Å². The monoisotopic (exact) mass is 318 g/mol. The van der Waals surface area contributed by atoms with Gasteiger partial charge in [-0.05, 0) is 52.1 Å². The SMILES string of the molecule is CCCn1ncc(C(=O)N2CCC(N3CCCCC3)CC2)c1C. The minimum atomic E-state index is 0.168. The van der Waals surface area contributed by atoms with Crippen LogP contribution in [0.15, 0.2) is 6.20 Å². The number of rotatable bonds is 4. The van der Waals surface area contributed by atoms with Crippen LogP contribution in [0.1, 0.15) is 61.5 Å². The second-order valence-corrected chi connectivity index (χ2v) is 6.99. The number of carbonyl (C=O) groups excluding carboxylic acids is 1. The van der Waals surface area contributed by atoms with E-state index in [2.05, 4.69) is 16.9 Å². The summed E-state index contributed by atoms with van der Waals surface area (Å²) in [4.78, 5) is 17.5. The maximum atomic E-state index is 12.8. The molecule has 0 spiro atoms. The third-order valence-electron chi connectivity index (χ3n) is 5.43. The molecule has 5 heteroatoms. The summed E-state index contributed by atoms with van der Waals surface area (Å²) >= 11 is 0. The molecule has 0 N–H and O–H groups in total. The van der Waals surface area contributed by atoms with E-state index in [1.54, 1.807) is 6.20 Å². The Kier molecular flexibility index (Phi) is 5.36. The van der Waals surface area contributed by atoms with E-state index >= 15 is 0 Å². The summed E-state index contributed by atoms with van der Waals surface area (Å²) in [5.74, 6) is 0.168. The topological polar surface area (TPSA) is 41.4 Å². The molecule has 128 valence electrons. The molecule has 23 heavy (non-hydrogen) atoms. The first-order valence-corrected chi connectivity index (χ1v) is 9.26. The Morgan fingerprint density at radius 2 is 1.87 bits per heavy atom. The first-order valence-electron chi connectivity index (χ1n) is 9.26. The number of carbonyl (C=O) groups is 1. The highest BCUT2D eigenvalue weighted by Crippen LogP contribution is 2.22. The summed E-state index contributed by atoms with van der Waals surface area (Å²) in [7, 11) is 0. The minimum absolute atomic E-state index is 0.168. The molecule has 0 saturated carbocycles. The zero-order valence-electron chi connectivity index (χ0n) is 14.6. The predicted octanol–water partition coefficient (Wildman–Crippen LogP) is 2.69. The van der Waals surface area contributed by atoms with Gasteiger partial charge in [-0.3, -0.25) is 9.48 Å². The molecule has 1 amide bonds. The number of aromatic nitrogens is 2. The molecule has 0 unspecified atom stereocenters. The lowest BCUT2D eigenvalue weighted by Crippen LogP contribution is -2.48. The second kappa shape index (κ2) is 7.47. The Bertz CT molecular complexity index is 525. The molecule has 0 atom stereocenters. The van der Waals surface area contributed by atoms with Crippen LogP contribution >= 0.6 is 0 Å². The van der Waals surface area contributed by atoms with E-state index in [0.29, 0.717) is 6.04 Å². The molecular formula is C18H30N4O. The van der Waals surface area contributed by atoms with Crippen molar-refractivity contribution in [2.75, 3.05) is 26.2 Å². The lowest BCUT2D eigenvalue weighted by atomic mass is 9.99. The Balaban J connectivity index is 1.57. The third kappa shape index (κ3) is 3.60. The number of hydrogen-bond acceptors (Lipinski definition) is 3. The van der Waals surface area contributed by atoms with E-state index < -0.39 is 0 Å². The van der Waals surface area contributed by atoms with Crippen LogP contribution in [0.25, 0.3) is 0 Å². The average Bonchev–Trinajstić information content (AvgIpc) is 2.96. The van der Waals surface area contributed by atoms with E-state index in [1.165, 1.54) is 32.4 Å². The fourth-order valence-corrected chi connectivity index (χ4v) is 3.98. The van der Waals surface area contributed by atoms with Gasteiger partial charge >= 0.3 is 0 Å². The number of nitrogens with zero attached hydrogens (tertiary/aromatic N) is 4. The maximum Gasteiger partial charge on any atom is 0.257 e. The zero-order valence-corrected chi connectivity index (χ0v) is 14.6. The molecule has 2 aliphatic heterocycles. The average molecular weight is 318 g/mol. The molecule has 0 bridgehead atoms. The molecule has 2 saturated heterocycles. The molecule has 3 heterocycles. The van der Waals surface area contributed by atoms with Crippen LogP contribution in [-0.4, -0.2) is 57.7 Å². The molecule has 1 aromatic rings. The highest BCUT2D eigenvalue weighted by atomic mass is 16.2. The summed E-state index contributed by atoms with van der Waals surface area (Å²) in [6.07, 6.45) is 9.10. The zero-order chi connectivity index (χ0) is 16.2. The van der Waals surface area contributed by atoms with E-state index in [1.807, 2.05) is 16.5 Å². The summed E-state index contributed by atoms with van der Waals surface area (Å²) in [6.45, 7) is 9.31. The van der Waals surface area contributed by atoms with E-state index in [0.717, 1.165) is 50.2 Å². The van der Waals surface area contributed by atoms with E-state index in [-0.39, 0.29) is 5.91 Å². The molecule has 2 aliphatic rings. The van der Waals surface area contributed by atoms with Gasteiger partial charge in [-0.2, -0.15) is 5.10 Å². The molecule has 0 radical (unpaired) electrons. The largest absolute Gasteiger partial charge is 0.338 e. The quantitative estimate of drug-likeness (QED) is 0.857. The summed E-state index contributed by atoms with van der Waals surface area (Å²) in [5, 5.41) is 4.37. The normalized spacial score (nSPS) is 20.9.